The van der Waals surface area contributed by atoms with Gasteiger partial charge in [-0.25, -0.2) is 4.90 Å². The van der Waals surface area contributed by atoms with Crippen molar-refractivity contribution in [3.63, 3.8) is 0 Å². The molecule has 26 heavy (non-hydrogen) atoms. The molecule has 1 fully saturated rings. The number of nitrogens with zero attached hydrogens (tertiary/aromatic N) is 1. The summed E-state index contributed by atoms with van der Waals surface area (Å²) in [6.07, 6.45) is 3.66. The van der Waals surface area contributed by atoms with Crippen LogP contribution in [0.3, 0.4) is 0 Å². The third-order valence-electron chi connectivity index (χ3n) is 4.55. The van der Waals surface area contributed by atoms with E-state index in [-0.39, 0.29) is 24.0 Å². The van der Waals surface area contributed by atoms with Crippen LogP contribution in [0.2, 0.25) is 0 Å². The van der Waals surface area contributed by atoms with Gasteiger partial charge in [-0.05, 0) is 43.3 Å². The molecule has 1 N–H and O–H groups in total. The second kappa shape index (κ2) is 6.11. The van der Waals surface area contributed by atoms with E-state index in [0.29, 0.717) is 16.8 Å². The Morgan fingerprint density at radius 1 is 1.08 bits per heavy atom. The van der Waals surface area contributed by atoms with E-state index >= 15 is 0 Å². The average Bonchev–Trinajstić information content (AvgIpc) is 3.16. The Labute approximate surface area is 149 Å². The van der Waals surface area contributed by atoms with E-state index < -0.39 is 0 Å². The van der Waals surface area contributed by atoms with Gasteiger partial charge < -0.3 is 4.98 Å². The van der Waals surface area contributed by atoms with Crippen molar-refractivity contribution in [3.8, 4) is 0 Å². The van der Waals surface area contributed by atoms with Gasteiger partial charge in [0.15, 0.2) is 5.78 Å². The number of ketones is 1. The second-order valence-corrected chi connectivity index (χ2v) is 6.27. The minimum Gasteiger partial charge on any atom is -0.361 e. The molecule has 3 aromatic rings. The third kappa shape index (κ3) is 2.63. The van der Waals surface area contributed by atoms with Gasteiger partial charge in [0.05, 0.1) is 12.1 Å². The van der Waals surface area contributed by atoms with E-state index in [2.05, 4.69) is 4.98 Å². The van der Waals surface area contributed by atoms with Crippen molar-refractivity contribution in [2.24, 2.45) is 0 Å². The minimum atomic E-state index is -0.323. The molecule has 1 saturated heterocycles. The van der Waals surface area contributed by atoms with Crippen LogP contribution in [-0.4, -0.2) is 22.6 Å². The van der Waals surface area contributed by atoms with Crippen molar-refractivity contribution in [1.29, 1.82) is 0 Å². The van der Waals surface area contributed by atoms with Gasteiger partial charge in [-0.3, -0.25) is 14.4 Å². The third-order valence-corrected chi connectivity index (χ3v) is 4.55. The topological polar surface area (TPSA) is 70.2 Å². The zero-order valence-corrected chi connectivity index (χ0v) is 14.2. The van der Waals surface area contributed by atoms with Gasteiger partial charge >= 0.3 is 0 Å². The predicted molar refractivity (Wildman–Crippen MR) is 99.8 cm³/mol. The van der Waals surface area contributed by atoms with E-state index in [9.17, 15) is 14.4 Å². The maximum Gasteiger partial charge on any atom is 0.261 e. The molecule has 1 aliphatic rings. The Balaban J connectivity index is 1.68. The smallest absolute Gasteiger partial charge is 0.261 e. The van der Waals surface area contributed by atoms with Crippen LogP contribution in [0.25, 0.3) is 17.0 Å². The van der Waals surface area contributed by atoms with Gasteiger partial charge in [-0.1, -0.05) is 18.2 Å². The first kappa shape index (κ1) is 16.0. The molecule has 4 rings (SSSR count). The molecule has 0 atom stereocenters. The van der Waals surface area contributed by atoms with E-state index in [1.807, 2.05) is 30.5 Å². The summed E-state index contributed by atoms with van der Waals surface area (Å²) in [6, 6.07) is 14.3. The van der Waals surface area contributed by atoms with Crippen molar-refractivity contribution in [3.05, 3.63) is 71.4 Å². The van der Waals surface area contributed by atoms with Gasteiger partial charge in [-0.15, -0.1) is 0 Å². The molecule has 0 aliphatic carbocycles. The summed E-state index contributed by atoms with van der Waals surface area (Å²) in [4.78, 5) is 40.9. The molecule has 0 spiro atoms. The number of carbonyl (C=O) groups excluding carboxylic acids is 3. The number of Topliss-reactive ketones (excluding diaryl/α,β-unsaturated/α-hetero) is 1. The lowest BCUT2D eigenvalue weighted by atomic mass is 10.1. The number of imide groups is 1. The number of anilines is 1. The lowest BCUT2D eigenvalue weighted by molar-refractivity contribution is -0.120. The highest BCUT2D eigenvalue weighted by atomic mass is 16.2. The Kier molecular flexibility index (Phi) is 3.77. The molecule has 5 heteroatoms. The van der Waals surface area contributed by atoms with Gasteiger partial charge in [0.25, 0.3) is 5.91 Å². The normalized spacial score (nSPS) is 16.0. The monoisotopic (exact) mass is 344 g/mol. The van der Waals surface area contributed by atoms with E-state index in [0.717, 1.165) is 16.5 Å². The van der Waals surface area contributed by atoms with E-state index in [1.165, 1.54) is 11.8 Å². The van der Waals surface area contributed by atoms with Crippen LogP contribution in [0.15, 0.2) is 60.3 Å². The number of hydrogen-bond donors (Lipinski definition) is 1. The molecule has 1 aliphatic heterocycles. The van der Waals surface area contributed by atoms with Crippen molar-refractivity contribution >= 4 is 40.3 Å². The van der Waals surface area contributed by atoms with Crippen LogP contribution in [0, 0.1) is 0 Å². The highest BCUT2D eigenvalue weighted by Gasteiger charge is 2.35. The zero-order chi connectivity index (χ0) is 18.3. The molecular weight excluding hydrogens is 328 g/mol. The molecule has 2 aromatic carbocycles. The summed E-state index contributed by atoms with van der Waals surface area (Å²) in [5.41, 5.74) is 3.34. The number of nitrogens with one attached hydrogen (secondary N) is 1. The molecule has 0 unspecified atom stereocenters. The molecule has 2 amide bonds. The first-order valence-corrected chi connectivity index (χ1v) is 8.29. The number of para-hydroxylation sites is 1. The number of hydrogen-bond acceptors (Lipinski definition) is 3. The molecule has 5 nitrogen and oxygen atoms in total. The predicted octanol–water partition coefficient (Wildman–Crippen LogP) is 3.72. The molecule has 2 heterocycles. The Bertz CT molecular complexity index is 1070. The summed E-state index contributed by atoms with van der Waals surface area (Å²) in [5, 5.41) is 1.00. The SMILES string of the molecule is CC(=O)c1ccc(N2C(=O)C/C(=C/c3c[nH]c4ccccc34)C2=O)cc1. The van der Waals surface area contributed by atoms with Crippen molar-refractivity contribution < 1.29 is 14.4 Å². The summed E-state index contributed by atoms with van der Waals surface area (Å²) < 4.78 is 0. The number of aromatic amines is 1. The summed E-state index contributed by atoms with van der Waals surface area (Å²) >= 11 is 0. The molecule has 128 valence electrons. The number of aromatic nitrogens is 1. The minimum absolute atomic E-state index is 0.0597. The van der Waals surface area contributed by atoms with Crippen LogP contribution in [-0.2, 0) is 9.59 Å². The molecular formula is C21H16N2O3. The van der Waals surface area contributed by atoms with Crippen molar-refractivity contribution in [2.75, 3.05) is 4.90 Å². The Hall–Kier alpha value is -3.47. The summed E-state index contributed by atoms with van der Waals surface area (Å²) in [7, 11) is 0. The Morgan fingerprint density at radius 3 is 2.54 bits per heavy atom. The number of H-pyrrole nitrogens is 1. The molecule has 0 bridgehead atoms. The fourth-order valence-electron chi connectivity index (χ4n) is 3.19. The number of fused-ring (bicyclic) bond motifs is 1. The quantitative estimate of drug-likeness (QED) is 0.447. The van der Waals surface area contributed by atoms with Crippen LogP contribution < -0.4 is 4.90 Å². The maximum absolute atomic E-state index is 12.8. The van der Waals surface area contributed by atoms with E-state index in [4.69, 9.17) is 0 Å². The summed E-state index contributed by atoms with van der Waals surface area (Å²) in [6.45, 7) is 1.48. The zero-order valence-electron chi connectivity index (χ0n) is 14.2. The summed E-state index contributed by atoms with van der Waals surface area (Å²) in [5.74, 6) is -0.650. The number of carbonyl (C=O) groups is 3. The van der Waals surface area contributed by atoms with E-state index in [1.54, 1.807) is 30.3 Å². The first-order valence-electron chi connectivity index (χ1n) is 8.29. The van der Waals surface area contributed by atoms with Gasteiger partial charge in [0.1, 0.15) is 0 Å². The van der Waals surface area contributed by atoms with Gasteiger partial charge in [0, 0.05) is 33.8 Å². The largest absolute Gasteiger partial charge is 0.361 e. The highest BCUT2D eigenvalue weighted by molar-refractivity contribution is 6.29. The first-order chi connectivity index (χ1) is 12.5. The molecule has 0 radical (unpaired) electrons. The van der Waals surface area contributed by atoms with Crippen LogP contribution in [0.5, 0.6) is 0 Å². The van der Waals surface area contributed by atoms with Crippen LogP contribution >= 0.6 is 0 Å². The standard InChI is InChI=1S/C21H16N2O3/c1-13(24)14-6-8-17(9-7-14)23-20(25)11-15(21(23)26)10-16-12-22-19-5-3-2-4-18(16)19/h2-10,12,22H,11H2,1H3/b15-10-. The van der Waals surface area contributed by atoms with Crippen LogP contribution in [0.1, 0.15) is 29.3 Å². The fourth-order valence-corrected chi connectivity index (χ4v) is 3.19. The fraction of sp³-hybridized carbons (Fsp3) is 0.0952. The maximum atomic E-state index is 12.8. The lowest BCUT2D eigenvalue weighted by Gasteiger charge is -2.13. The highest BCUT2D eigenvalue weighted by Crippen LogP contribution is 2.29. The molecule has 1 aromatic heterocycles. The number of rotatable bonds is 3. The second-order valence-electron chi connectivity index (χ2n) is 6.27. The van der Waals surface area contributed by atoms with Crippen LogP contribution in [0.4, 0.5) is 5.69 Å². The van der Waals surface area contributed by atoms with Crippen molar-refractivity contribution in [2.45, 2.75) is 13.3 Å². The van der Waals surface area contributed by atoms with Gasteiger partial charge in [-0.2, -0.15) is 0 Å². The van der Waals surface area contributed by atoms with Crippen molar-refractivity contribution in [1.82, 2.24) is 4.98 Å². The average molecular weight is 344 g/mol. The Morgan fingerprint density at radius 2 is 1.81 bits per heavy atom. The molecule has 0 saturated carbocycles. The van der Waals surface area contributed by atoms with Gasteiger partial charge in [0.2, 0.25) is 5.91 Å². The lowest BCUT2D eigenvalue weighted by Crippen LogP contribution is -2.28. The number of benzene rings is 2. The number of amides is 2.